The fourth-order valence-electron chi connectivity index (χ4n) is 5.20. The van der Waals surface area contributed by atoms with Crippen molar-refractivity contribution in [2.45, 2.75) is 55.9 Å². The third-order valence-corrected chi connectivity index (χ3v) is 7.61. The van der Waals surface area contributed by atoms with Crippen molar-refractivity contribution in [3.63, 3.8) is 0 Å². The zero-order chi connectivity index (χ0) is 18.8. The molecule has 2 unspecified atom stereocenters. The summed E-state index contributed by atoms with van der Waals surface area (Å²) in [4.78, 5) is 26.2. The van der Waals surface area contributed by atoms with Crippen LogP contribution in [0, 0.1) is 11.8 Å². The number of hydrogen-bond donors (Lipinski definition) is 1. The van der Waals surface area contributed by atoms with Gasteiger partial charge in [0.1, 0.15) is 0 Å². The Kier molecular flexibility index (Phi) is 3.62. The first-order chi connectivity index (χ1) is 12.9. The van der Waals surface area contributed by atoms with Crippen LogP contribution in [0.4, 0.5) is 4.79 Å². The summed E-state index contributed by atoms with van der Waals surface area (Å²) in [5.74, 6) is 0.943. The molecule has 1 aliphatic heterocycles. The van der Waals surface area contributed by atoms with Crippen molar-refractivity contribution in [3.8, 4) is 0 Å². The summed E-state index contributed by atoms with van der Waals surface area (Å²) in [5, 5.41) is 2.78. The van der Waals surface area contributed by atoms with Gasteiger partial charge in [0.25, 0.3) is 0 Å². The Morgan fingerprint density at radius 1 is 1.15 bits per heavy atom. The van der Waals surface area contributed by atoms with Crippen LogP contribution in [0.3, 0.4) is 0 Å². The van der Waals surface area contributed by atoms with E-state index in [1.807, 2.05) is 0 Å². The van der Waals surface area contributed by atoms with Crippen molar-refractivity contribution in [2.75, 3.05) is 20.2 Å². The molecule has 5 heteroatoms. The zero-order valence-corrected chi connectivity index (χ0v) is 16.2. The SMILES string of the molecule is COC(=O)NC1CC(C(=O)N2CC3CC3(c3ccc(C4(C)CC4)cc3)C2)C1. The average Bonchev–Trinajstić information content (AvgIpc) is 3.54. The molecule has 1 N–H and O–H groups in total. The number of benzene rings is 1. The van der Waals surface area contributed by atoms with Crippen LogP contribution in [0.1, 0.15) is 50.2 Å². The van der Waals surface area contributed by atoms with Crippen molar-refractivity contribution >= 4 is 12.0 Å². The van der Waals surface area contributed by atoms with E-state index in [1.165, 1.54) is 37.5 Å². The lowest BCUT2D eigenvalue weighted by Crippen LogP contribution is -2.50. The van der Waals surface area contributed by atoms with E-state index in [2.05, 4.69) is 46.1 Å². The molecule has 2 amide bonds. The number of alkyl carbamates (subject to hydrolysis) is 1. The molecule has 3 aliphatic carbocycles. The molecule has 1 aromatic carbocycles. The van der Waals surface area contributed by atoms with Crippen molar-refractivity contribution < 1.29 is 14.3 Å². The number of piperidine rings is 1. The van der Waals surface area contributed by atoms with E-state index in [0.29, 0.717) is 11.3 Å². The molecule has 4 fully saturated rings. The second-order valence-electron chi connectivity index (χ2n) is 9.42. The molecule has 5 nitrogen and oxygen atoms in total. The first kappa shape index (κ1) is 17.1. The van der Waals surface area contributed by atoms with Gasteiger partial charge < -0.3 is 15.0 Å². The molecule has 0 spiro atoms. The number of ether oxygens (including phenoxy) is 1. The number of nitrogens with one attached hydrogen (secondary N) is 1. The average molecular weight is 368 g/mol. The van der Waals surface area contributed by atoms with Crippen LogP contribution in [-0.2, 0) is 20.4 Å². The van der Waals surface area contributed by atoms with Crippen LogP contribution in [0.25, 0.3) is 0 Å². The predicted octanol–water partition coefficient (Wildman–Crippen LogP) is 2.97. The normalized spacial score (nSPS) is 35.0. The molecular weight excluding hydrogens is 340 g/mol. The Morgan fingerprint density at radius 2 is 1.81 bits per heavy atom. The number of hydrogen-bond acceptors (Lipinski definition) is 3. The van der Waals surface area contributed by atoms with Crippen LogP contribution >= 0.6 is 0 Å². The van der Waals surface area contributed by atoms with E-state index >= 15 is 0 Å². The van der Waals surface area contributed by atoms with Crippen LogP contribution in [-0.4, -0.2) is 43.1 Å². The number of carbonyl (C=O) groups is 2. The second-order valence-corrected chi connectivity index (χ2v) is 9.42. The molecule has 0 radical (unpaired) electrons. The van der Waals surface area contributed by atoms with Gasteiger partial charge in [-0.1, -0.05) is 31.2 Å². The summed E-state index contributed by atoms with van der Waals surface area (Å²) < 4.78 is 4.62. The van der Waals surface area contributed by atoms with E-state index < -0.39 is 6.09 Å². The Balaban J connectivity index is 1.20. The zero-order valence-electron chi connectivity index (χ0n) is 16.2. The Bertz CT molecular complexity index is 779. The number of nitrogens with zero attached hydrogens (tertiary/aromatic N) is 1. The van der Waals surface area contributed by atoms with Crippen molar-refractivity contribution in [2.24, 2.45) is 11.8 Å². The van der Waals surface area contributed by atoms with Gasteiger partial charge in [-0.3, -0.25) is 4.79 Å². The summed E-state index contributed by atoms with van der Waals surface area (Å²) >= 11 is 0. The maximum atomic E-state index is 12.8. The molecule has 144 valence electrons. The molecule has 1 heterocycles. The van der Waals surface area contributed by atoms with E-state index in [9.17, 15) is 9.59 Å². The van der Waals surface area contributed by atoms with E-state index in [1.54, 1.807) is 0 Å². The topological polar surface area (TPSA) is 58.6 Å². The maximum absolute atomic E-state index is 12.8. The maximum Gasteiger partial charge on any atom is 0.407 e. The summed E-state index contributed by atoms with van der Waals surface area (Å²) in [6, 6.07) is 9.32. The Morgan fingerprint density at radius 3 is 2.44 bits per heavy atom. The lowest BCUT2D eigenvalue weighted by Gasteiger charge is -2.37. The molecule has 1 aromatic rings. The van der Waals surface area contributed by atoms with Crippen molar-refractivity contribution in [3.05, 3.63) is 35.4 Å². The molecule has 0 aromatic heterocycles. The number of carbonyl (C=O) groups excluding carboxylic acids is 2. The quantitative estimate of drug-likeness (QED) is 0.889. The first-order valence-electron chi connectivity index (χ1n) is 10.2. The van der Waals surface area contributed by atoms with Gasteiger partial charge in [-0.25, -0.2) is 4.79 Å². The number of methoxy groups -OCH3 is 1. The van der Waals surface area contributed by atoms with Gasteiger partial charge >= 0.3 is 6.09 Å². The number of likely N-dealkylation sites (tertiary alicyclic amines) is 1. The fraction of sp³-hybridized carbons (Fsp3) is 0.636. The standard InChI is InChI=1S/C22H28N2O3/c1-21(7-8-21)15-3-5-16(6-4-15)22-11-17(22)12-24(13-22)19(25)14-9-18(10-14)23-20(26)27-2/h3-6,14,17-18H,7-13H2,1-2H3,(H,23,26). The Labute approximate surface area is 160 Å². The minimum atomic E-state index is -0.407. The molecule has 4 aliphatic rings. The number of rotatable bonds is 4. The van der Waals surface area contributed by atoms with E-state index in [4.69, 9.17) is 0 Å². The van der Waals surface area contributed by atoms with Crippen molar-refractivity contribution in [1.82, 2.24) is 10.2 Å². The fourth-order valence-corrected chi connectivity index (χ4v) is 5.20. The highest BCUT2D eigenvalue weighted by Crippen LogP contribution is 2.59. The number of amides is 2. The van der Waals surface area contributed by atoms with E-state index in [0.717, 1.165) is 25.9 Å². The van der Waals surface area contributed by atoms with Crippen LogP contribution in [0.5, 0.6) is 0 Å². The smallest absolute Gasteiger partial charge is 0.407 e. The molecular formula is C22H28N2O3. The van der Waals surface area contributed by atoms with Gasteiger partial charge in [-0.15, -0.1) is 0 Å². The largest absolute Gasteiger partial charge is 0.453 e. The molecule has 0 bridgehead atoms. The Hall–Kier alpha value is -2.04. The van der Waals surface area contributed by atoms with Gasteiger partial charge in [0, 0.05) is 30.5 Å². The van der Waals surface area contributed by atoms with Crippen LogP contribution < -0.4 is 5.32 Å². The summed E-state index contributed by atoms with van der Waals surface area (Å²) in [7, 11) is 1.37. The monoisotopic (exact) mass is 368 g/mol. The van der Waals surface area contributed by atoms with Gasteiger partial charge in [-0.2, -0.15) is 0 Å². The summed E-state index contributed by atoms with van der Waals surface area (Å²) in [6.45, 7) is 4.10. The third-order valence-electron chi connectivity index (χ3n) is 7.61. The highest BCUT2D eigenvalue weighted by molar-refractivity contribution is 5.81. The summed E-state index contributed by atoms with van der Waals surface area (Å²) in [6.07, 6.45) is 4.87. The van der Waals surface area contributed by atoms with Gasteiger partial charge in [-0.05, 0) is 54.6 Å². The van der Waals surface area contributed by atoms with Gasteiger partial charge in [0.05, 0.1) is 7.11 Å². The van der Waals surface area contributed by atoms with Crippen molar-refractivity contribution in [1.29, 1.82) is 0 Å². The molecule has 1 saturated heterocycles. The van der Waals surface area contributed by atoms with Gasteiger partial charge in [0.2, 0.25) is 5.91 Å². The minimum absolute atomic E-state index is 0.0545. The molecule has 2 atom stereocenters. The second kappa shape index (κ2) is 5.73. The highest BCUT2D eigenvalue weighted by Gasteiger charge is 2.62. The number of fused-ring (bicyclic) bond motifs is 1. The summed E-state index contributed by atoms with van der Waals surface area (Å²) in [5.41, 5.74) is 3.49. The molecule has 3 saturated carbocycles. The highest BCUT2D eigenvalue weighted by atomic mass is 16.5. The van der Waals surface area contributed by atoms with Crippen LogP contribution in [0.15, 0.2) is 24.3 Å². The first-order valence-corrected chi connectivity index (χ1v) is 10.2. The van der Waals surface area contributed by atoms with Gasteiger partial charge in [0.15, 0.2) is 0 Å². The third kappa shape index (κ3) is 2.74. The van der Waals surface area contributed by atoms with E-state index in [-0.39, 0.29) is 23.3 Å². The minimum Gasteiger partial charge on any atom is -0.453 e. The predicted molar refractivity (Wildman–Crippen MR) is 101 cm³/mol. The van der Waals surface area contributed by atoms with Crippen LogP contribution in [0.2, 0.25) is 0 Å². The molecule has 27 heavy (non-hydrogen) atoms. The molecule has 5 rings (SSSR count). The lowest BCUT2D eigenvalue weighted by atomic mass is 9.79. The lowest BCUT2D eigenvalue weighted by molar-refractivity contribution is -0.138.